The van der Waals surface area contributed by atoms with Crippen molar-refractivity contribution in [1.29, 1.82) is 0 Å². The van der Waals surface area contributed by atoms with Crippen LogP contribution in [0.2, 0.25) is 0 Å². The van der Waals surface area contributed by atoms with Gasteiger partial charge in [0, 0.05) is 19.6 Å². The Labute approximate surface area is 116 Å². The summed E-state index contributed by atoms with van der Waals surface area (Å²) < 4.78 is 0. The summed E-state index contributed by atoms with van der Waals surface area (Å²) in [5.74, 6) is 0.00808. The Morgan fingerprint density at radius 2 is 1.95 bits per heavy atom. The molecule has 112 valence electrons. The Balaban J connectivity index is 2.53. The van der Waals surface area contributed by atoms with Gasteiger partial charge in [-0.1, -0.05) is 19.3 Å². The van der Waals surface area contributed by atoms with E-state index >= 15 is 0 Å². The molecular formula is C14H29N3O2. The fourth-order valence-corrected chi connectivity index (χ4v) is 2.95. The third kappa shape index (κ3) is 4.75. The van der Waals surface area contributed by atoms with Crippen LogP contribution in [-0.2, 0) is 4.79 Å². The average Bonchev–Trinajstić information content (AvgIpc) is 2.35. The van der Waals surface area contributed by atoms with Crippen molar-refractivity contribution >= 4 is 5.91 Å². The zero-order valence-corrected chi connectivity index (χ0v) is 12.5. The summed E-state index contributed by atoms with van der Waals surface area (Å²) >= 11 is 0. The molecule has 5 nitrogen and oxygen atoms in total. The molecule has 1 fully saturated rings. The first-order valence-corrected chi connectivity index (χ1v) is 7.17. The van der Waals surface area contributed by atoms with Crippen LogP contribution < -0.4 is 11.1 Å². The number of carbonyl (C=O) groups is 1. The molecule has 1 aliphatic rings. The van der Waals surface area contributed by atoms with E-state index in [1.807, 2.05) is 19.0 Å². The minimum Gasteiger partial charge on any atom is -0.387 e. The van der Waals surface area contributed by atoms with Crippen LogP contribution in [0.25, 0.3) is 0 Å². The van der Waals surface area contributed by atoms with Gasteiger partial charge >= 0.3 is 0 Å². The maximum atomic E-state index is 12.4. The molecule has 4 N–H and O–H groups in total. The molecule has 1 saturated carbocycles. The molecule has 1 atom stereocenters. The SMILES string of the molecule is CN(C)CC(C)(O)CNC(=O)C1(CN)CCCCC1. The maximum Gasteiger partial charge on any atom is 0.227 e. The number of likely N-dealkylation sites (N-methyl/N-ethyl adjacent to an activating group) is 1. The second kappa shape index (κ2) is 6.68. The highest BCUT2D eigenvalue weighted by molar-refractivity contribution is 5.83. The van der Waals surface area contributed by atoms with Crippen LogP contribution in [0.3, 0.4) is 0 Å². The minimum atomic E-state index is -0.913. The van der Waals surface area contributed by atoms with E-state index in [1.54, 1.807) is 6.92 Å². The van der Waals surface area contributed by atoms with Crippen molar-refractivity contribution in [2.75, 3.05) is 33.7 Å². The summed E-state index contributed by atoms with van der Waals surface area (Å²) in [6.07, 6.45) is 5.06. The predicted octanol–water partition coefficient (Wildman–Crippen LogP) is 0.324. The van der Waals surface area contributed by atoms with Gasteiger partial charge in [-0.2, -0.15) is 0 Å². The number of hydrogen-bond acceptors (Lipinski definition) is 4. The van der Waals surface area contributed by atoms with E-state index in [4.69, 9.17) is 5.73 Å². The zero-order valence-electron chi connectivity index (χ0n) is 12.5. The standard InChI is InChI=1S/C14H29N3O2/c1-13(19,11-17(2)3)10-16-12(18)14(9-15)7-5-4-6-8-14/h19H,4-11,15H2,1-3H3,(H,16,18). The van der Waals surface area contributed by atoms with Crippen molar-refractivity contribution in [3.63, 3.8) is 0 Å². The van der Waals surface area contributed by atoms with Crippen LogP contribution in [0.15, 0.2) is 0 Å². The largest absolute Gasteiger partial charge is 0.387 e. The molecule has 0 radical (unpaired) electrons. The molecule has 0 aromatic carbocycles. The van der Waals surface area contributed by atoms with Crippen molar-refractivity contribution in [1.82, 2.24) is 10.2 Å². The van der Waals surface area contributed by atoms with E-state index in [2.05, 4.69) is 5.32 Å². The minimum absolute atomic E-state index is 0.00808. The van der Waals surface area contributed by atoms with Gasteiger partial charge in [0.1, 0.15) is 0 Å². The fourth-order valence-electron chi connectivity index (χ4n) is 2.95. The van der Waals surface area contributed by atoms with Crippen molar-refractivity contribution in [3.05, 3.63) is 0 Å². The highest BCUT2D eigenvalue weighted by Crippen LogP contribution is 2.35. The second-order valence-electron chi connectivity index (χ2n) is 6.46. The Bertz CT molecular complexity index is 297. The molecule has 1 aliphatic carbocycles. The lowest BCUT2D eigenvalue weighted by Gasteiger charge is -2.36. The number of nitrogens with one attached hydrogen (secondary N) is 1. The first-order chi connectivity index (χ1) is 8.81. The molecule has 0 aromatic rings. The first kappa shape index (κ1) is 16.4. The van der Waals surface area contributed by atoms with Gasteiger partial charge < -0.3 is 21.1 Å². The number of rotatable bonds is 6. The molecule has 1 rings (SSSR count). The smallest absolute Gasteiger partial charge is 0.227 e. The Hall–Kier alpha value is -0.650. The van der Waals surface area contributed by atoms with E-state index in [0.717, 1.165) is 25.7 Å². The van der Waals surface area contributed by atoms with Gasteiger partial charge in [0.2, 0.25) is 5.91 Å². The number of carbonyl (C=O) groups excluding carboxylic acids is 1. The zero-order chi connectivity index (χ0) is 14.5. The summed E-state index contributed by atoms with van der Waals surface area (Å²) in [7, 11) is 3.80. The van der Waals surface area contributed by atoms with Crippen molar-refractivity contribution in [3.8, 4) is 0 Å². The molecule has 0 aromatic heterocycles. The van der Waals surface area contributed by atoms with Gasteiger partial charge in [-0.3, -0.25) is 4.79 Å². The van der Waals surface area contributed by atoms with Crippen molar-refractivity contribution < 1.29 is 9.90 Å². The maximum absolute atomic E-state index is 12.4. The van der Waals surface area contributed by atoms with Crippen LogP contribution in [0.1, 0.15) is 39.0 Å². The molecule has 0 spiro atoms. The van der Waals surface area contributed by atoms with Gasteiger partial charge in [0.25, 0.3) is 0 Å². The Morgan fingerprint density at radius 1 is 1.37 bits per heavy atom. The Morgan fingerprint density at radius 3 is 2.42 bits per heavy atom. The number of nitrogens with zero attached hydrogens (tertiary/aromatic N) is 1. The molecule has 1 unspecified atom stereocenters. The van der Waals surface area contributed by atoms with Gasteiger partial charge in [0.15, 0.2) is 0 Å². The summed E-state index contributed by atoms with van der Waals surface area (Å²) in [5, 5.41) is 13.1. The average molecular weight is 271 g/mol. The first-order valence-electron chi connectivity index (χ1n) is 7.17. The van der Waals surface area contributed by atoms with Crippen LogP contribution in [-0.4, -0.2) is 55.2 Å². The summed E-state index contributed by atoms with van der Waals surface area (Å²) in [6, 6.07) is 0. The van der Waals surface area contributed by atoms with Crippen molar-refractivity contribution in [2.24, 2.45) is 11.1 Å². The molecule has 0 bridgehead atoms. The second-order valence-corrected chi connectivity index (χ2v) is 6.46. The summed E-state index contributed by atoms with van der Waals surface area (Å²) in [4.78, 5) is 14.3. The molecule has 0 saturated heterocycles. The topological polar surface area (TPSA) is 78.6 Å². The van der Waals surface area contributed by atoms with E-state index in [-0.39, 0.29) is 12.5 Å². The van der Waals surface area contributed by atoms with Crippen LogP contribution in [0, 0.1) is 5.41 Å². The molecular weight excluding hydrogens is 242 g/mol. The number of aliphatic hydroxyl groups is 1. The van der Waals surface area contributed by atoms with E-state index < -0.39 is 11.0 Å². The molecule has 19 heavy (non-hydrogen) atoms. The predicted molar refractivity (Wildman–Crippen MR) is 76.8 cm³/mol. The third-order valence-corrected chi connectivity index (χ3v) is 3.97. The number of nitrogens with two attached hydrogens (primary N) is 1. The summed E-state index contributed by atoms with van der Waals surface area (Å²) in [5.41, 5.74) is 4.50. The fraction of sp³-hybridized carbons (Fsp3) is 0.929. The third-order valence-electron chi connectivity index (χ3n) is 3.97. The lowest BCUT2D eigenvalue weighted by atomic mass is 9.73. The number of amides is 1. The normalized spacial score (nSPS) is 22.0. The van der Waals surface area contributed by atoms with E-state index in [1.165, 1.54) is 6.42 Å². The lowest BCUT2D eigenvalue weighted by Crippen LogP contribution is -2.53. The summed E-state index contributed by atoms with van der Waals surface area (Å²) in [6.45, 7) is 2.92. The molecule has 5 heteroatoms. The van der Waals surface area contributed by atoms with E-state index in [0.29, 0.717) is 13.1 Å². The van der Waals surface area contributed by atoms with E-state index in [9.17, 15) is 9.90 Å². The quantitative estimate of drug-likeness (QED) is 0.650. The van der Waals surface area contributed by atoms with Crippen LogP contribution >= 0.6 is 0 Å². The monoisotopic (exact) mass is 271 g/mol. The van der Waals surface area contributed by atoms with Gasteiger partial charge in [-0.15, -0.1) is 0 Å². The Kier molecular flexibility index (Phi) is 5.77. The lowest BCUT2D eigenvalue weighted by molar-refractivity contribution is -0.133. The molecule has 0 heterocycles. The van der Waals surface area contributed by atoms with Crippen molar-refractivity contribution in [2.45, 2.75) is 44.6 Å². The van der Waals surface area contributed by atoms with Gasteiger partial charge in [-0.25, -0.2) is 0 Å². The highest BCUT2D eigenvalue weighted by atomic mass is 16.3. The number of hydrogen-bond donors (Lipinski definition) is 3. The van der Waals surface area contributed by atoms with Gasteiger partial charge in [0.05, 0.1) is 11.0 Å². The van der Waals surface area contributed by atoms with Crippen LogP contribution in [0.5, 0.6) is 0 Å². The van der Waals surface area contributed by atoms with Gasteiger partial charge in [-0.05, 0) is 33.9 Å². The highest BCUT2D eigenvalue weighted by Gasteiger charge is 2.38. The molecule has 1 amide bonds. The van der Waals surface area contributed by atoms with Crippen LogP contribution in [0.4, 0.5) is 0 Å². The molecule has 0 aliphatic heterocycles.